The highest BCUT2D eigenvalue weighted by molar-refractivity contribution is 5.30. The second-order valence-corrected chi connectivity index (χ2v) is 5.30. The van der Waals surface area contributed by atoms with E-state index in [1.54, 1.807) is 12.5 Å². The van der Waals surface area contributed by atoms with Crippen LogP contribution in [0.4, 0.5) is 13.2 Å². The Morgan fingerprint density at radius 1 is 1.00 bits per heavy atom. The van der Waals surface area contributed by atoms with Gasteiger partial charge in [-0.25, -0.2) is 4.98 Å². The minimum atomic E-state index is -4.35. The van der Waals surface area contributed by atoms with Crippen LogP contribution in [0, 0.1) is 0 Å². The average molecular weight is 332 g/mol. The summed E-state index contributed by atoms with van der Waals surface area (Å²) in [6.45, 7) is 0.505. The van der Waals surface area contributed by atoms with Crippen LogP contribution in [0.3, 0.4) is 0 Å². The smallest absolute Gasteiger partial charge is 0.416 e. The molecule has 0 radical (unpaired) electrons. The van der Waals surface area contributed by atoms with Crippen molar-refractivity contribution in [1.82, 2.24) is 9.55 Å². The molecule has 3 nitrogen and oxygen atoms in total. The van der Waals surface area contributed by atoms with Crippen LogP contribution in [0.5, 0.6) is 5.75 Å². The van der Waals surface area contributed by atoms with Crippen LogP contribution < -0.4 is 4.74 Å². The maximum atomic E-state index is 12.6. The average Bonchev–Trinajstić information content (AvgIpc) is 3.08. The van der Waals surface area contributed by atoms with Gasteiger partial charge in [-0.1, -0.05) is 30.3 Å². The largest absolute Gasteiger partial charge is 0.484 e. The van der Waals surface area contributed by atoms with Gasteiger partial charge in [0.2, 0.25) is 0 Å². The Morgan fingerprint density at radius 2 is 1.71 bits per heavy atom. The van der Waals surface area contributed by atoms with Crippen LogP contribution in [-0.2, 0) is 12.7 Å². The Kier molecular flexibility index (Phi) is 4.55. The van der Waals surface area contributed by atoms with Gasteiger partial charge in [0.1, 0.15) is 11.9 Å². The fourth-order valence-electron chi connectivity index (χ4n) is 2.35. The number of nitrogens with zero attached hydrogens (tertiary/aromatic N) is 2. The van der Waals surface area contributed by atoms with Gasteiger partial charge in [-0.3, -0.25) is 0 Å². The number of imidazole rings is 1. The van der Waals surface area contributed by atoms with Gasteiger partial charge < -0.3 is 9.30 Å². The molecule has 1 atom stereocenters. The number of halogens is 3. The van der Waals surface area contributed by atoms with Crippen molar-refractivity contribution < 1.29 is 17.9 Å². The van der Waals surface area contributed by atoms with E-state index in [0.29, 0.717) is 12.3 Å². The van der Waals surface area contributed by atoms with Crippen molar-refractivity contribution in [3.05, 3.63) is 84.4 Å². The molecule has 0 amide bonds. The van der Waals surface area contributed by atoms with Gasteiger partial charge >= 0.3 is 6.18 Å². The minimum Gasteiger partial charge on any atom is -0.484 e. The van der Waals surface area contributed by atoms with Crippen molar-refractivity contribution in [3.8, 4) is 5.75 Å². The maximum Gasteiger partial charge on any atom is 0.416 e. The molecule has 1 heterocycles. The normalized spacial score (nSPS) is 12.8. The lowest BCUT2D eigenvalue weighted by molar-refractivity contribution is -0.137. The molecule has 3 aromatic rings. The lowest BCUT2D eigenvalue weighted by Gasteiger charge is -2.20. The Labute approximate surface area is 137 Å². The summed E-state index contributed by atoms with van der Waals surface area (Å²) in [6.07, 6.45) is 0.462. The number of benzene rings is 2. The highest BCUT2D eigenvalue weighted by atomic mass is 19.4. The van der Waals surface area contributed by atoms with Crippen LogP contribution in [0.25, 0.3) is 0 Å². The summed E-state index contributed by atoms with van der Waals surface area (Å²) < 4.78 is 45.7. The number of hydrogen-bond acceptors (Lipinski definition) is 2. The lowest BCUT2D eigenvalue weighted by atomic mass is 10.1. The Hall–Kier alpha value is -2.76. The predicted octanol–water partition coefficient (Wildman–Crippen LogP) is 4.72. The molecule has 6 heteroatoms. The standard InChI is InChI=1S/C18H15F3N2O/c19-18(20,21)15-6-8-16(9-7-15)24-17(12-23-11-10-22-13-23)14-4-2-1-3-5-14/h1-11,13,17H,12H2. The summed E-state index contributed by atoms with van der Waals surface area (Å²) in [4.78, 5) is 4.00. The maximum absolute atomic E-state index is 12.6. The fraction of sp³-hybridized carbons (Fsp3) is 0.167. The van der Waals surface area contributed by atoms with Crippen LogP contribution >= 0.6 is 0 Å². The number of ether oxygens (including phenoxy) is 1. The monoisotopic (exact) mass is 332 g/mol. The Balaban J connectivity index is 1.81. The van der Waals surface area contributed by atoms with E-state index >= 15 is 0 Å². The molecule has 0 fully saturated rings. The highest BCUT2D eigenvalue weighted by Crippen LogP contribution is 2.31. The van der Waals surface area contributed by atoms with Gasteiger partial charge in [-0.05, 0) is 29.8 Å². The number of rotatable bonds is 5. The third kappa shape index (κ3) is 3.95. The molecule has 24 heavy (non-hydrogen) atoms. The van der Waals surface area contributed by atoms with Crippen LogP contribution in [-0.4, -0.2) is 9.55 Å². The molecule has 0 bridgehead atoms. The molecule has 2 aromatic carbocycles. The van der Waals surface area contributed by atoms with E-state index in [9.17, 15) is 13.2 Å². The number of hydrogen-bond donors (Lipinski definition) is 0. The Morgan fingerprint density at radius 3 is 2.29 bits per heavy atom. The first-order chi connectivity index (χ1) is 11.5. The molecule has 0 N–H and O–H groups in total. The number of alkyl halides is 3. The first-order valence-electron chi connectivity index (χ1n) is 7.37. The van der Waals surface area contributed by atoms with E-state index in [2.05, 4.69) is 4.98 Å². The SMILES string of the molecule is FC(F)(F)c1ccc(OC(Cn2ccnc2)c2ccccc2)cc1. The zero-order valence-corrected chi connectivity index (χ0v) is 12.6. The van der Waals surface area contributed by atoms with Crippen molar-refractivity contribution in [1.29, 1.82) is 0 Å². The zero-order chi connectivity index (χ0) is 17.0. The lowest BCUT2D eigenvalue weighted by Crippen LogP contribution is -2.14. The third-order valence-corrected chi connectivity index (χ3v) is 3.57. The second kappa shape index (κ2) is 6.78. The van der Waals surface area contributed by atoms with Crippen molar-refractivity contribution in [3.63, 3.8) is 0 Å². The van der Waals surface area contributed by atoms with Crippen molar-refractivity contribution in [2.45, 2.75) is 18.8 Å². The molecule has 3 rings (SSSR count). The van der Waals surface area contributed by atoms with Gasteiger partial charge in [0.25, 0.3) is 0 Å². The first kappa shape index (κ1) is 16.1. The van der Waals surface area contributed by atoms with E-state index in [0.717, 1.165) is 17.7 Å². The molecular weight excluding hydrogens is 317 g/mol. The topological polar surface area (TPSA) is 27.1 Å². The van der Waals surface area contributed by atoms with Gasteiger partial charge in [-0.15, -0.1) is 0 Å². The summed E-state index contributed by atoms with van der Waals surface area (Å²) in [7, 11) is 0. The molecule has 1 aromatic heterocycles. The van der Waals surface area contributed by atoms with E-state index in [4.69, 9.17) is 4.74 Å². The summed E-state index contributed by atoms with van der Waals surface area (Å²) >= 11 is 0. The van der Waals surface area contributed by atoms with Gasteiger partial charge in [0, 0.05) is 12.4 Å². The highest BCUT2D eigenvalue weighted by Gasteiger charge is 2.30. The van der Waals surface area contributed by atoms with E-state index in [-0.39, 0.29) is 6.10 Å². The van der Waals surface area contributed by atoms with Crippen LogP contribution in [0.2, 0.25) is 0 Å². The minimum absolute atomic E-state index is 0.336. The summed E-state index contributed by atoms with van der Waals surface area (Å²) in [5.74, 6) is 0.386. The van der Waals surface area contributed by atoms with E-state index < -0.39 is 11.7 Å². The molecule has 0 aliphatic rings. The molecule has 0 saturated carbocycles. The molecule has 1 unspecified atom stereocenters. The van der Waals surface area contributed by atoms with Crippen molar-refractivity contribution in [2.24, 2.45) is 0 Å². The second-order valence-electron chi connectivity index (χ2n) is 5.30. The third-order valence-electron chi connectivity index (χ3n) is 3.57. The van der Waals surface area contributed by atoms with Crippen molar-refractivity contribution in [2.75, 3.05) is 0 Å². The molecule has 0 aliphatic carbocycles. The van der Waals surface area contributed by atoms with Crippen LogP contribution in [0.15, 0.2) is 73.3 Å². The molecule has 124 valence electrons. The Bertz CT molecular complexity index is 753. The van der Waals surface area contributed by atoms with Crippen LogP contribution in [0.1, 0.15) is 17.2 Å². The molecule has 0 saturated heterocycles. The number of aromatic nitrogens is 2. The van der Waals surface area contributed by atoms with Crippen molar-refractivity contribution >= 4 is 0 Å². The van der Waals surface area contributed by atoms with E-state index in [1.165, 1.54) is 12.1 Å². The van der Waals surface area contributed by atoms with Gasteiger partial charge in [0.05, 0.1) is 18.4 Å². The summed E-state index contributed by atoms with van der Waals surface area (Å²) in [6, 6.07) is 14.3. The molecule has 0 spiro atoms. The van der Waals surface area contributed by atoms with E-state index in [1.807, 2.05) is 41.1 Å². The summed E-state index contributed by atoms with van der Waals surface area (Å²) in [5.41, 5.74) is 0.242. The zero-order valence-electron chi connectivity index (χ0n) is 12.6. The quantitative estimate of drug-likeness (QED) is 0.676. The first-order valence-corrected chi connectivity index (χ1v) is 7.37. The van der Waals surface area contributed by atoms with Gasteiger partial charge in [-0.2, -0.15) is 13.2 Å². The summed E-state index contributed by atoms with van der Waals surface area (Å²) in [5, 5.41) is 0. The molecule has 0 aliphatic heterocycles. The predicted molar refractivity (Wildman–Crippen MR) is 83.5 cm³/mol. The molecular formula is C18H15F3N2O. The van der Waals surface area contributed by atoms with Gasteiger partial charge in [0.15, 0.2) is 0 Å². The fourth-order valence-corrected chi connectivity index (χ4v) is 2.35.